The van der Waals surface area contributed by atoms with Gasteiger partial charge in [-0.15, -0.1) is 7.08 Å². The fraction of sp³-hybridized carbons (Fsp3) is 0. The minimum atomic E-state index is 0.220. The second-order valence-corrected chi connectivity index (χ2v) is 9.81. The van der Waals surface area contributed by atoms with Gasteiger partial charge in [-0.2, -0.15) is 0 Å². The predicted molar refractivity (Wildman–Crippen MR) is 61.6 cm³/mol. The third-order valence-electron chi connectivity index (χ3n) is 2.19. The van der Waals surface area contributed by atoms with Crippen LogP contribution in [0.5, 0.6) is 0 Å². The maximum Gasteiger partial charge on any atom is 0.0599 e. The molecule has 3 heteroatoms. The number of rotatable bonds is 0. The Morgan fingerprint density at radius 1 is 1.18 bits per heavy atom. The van der Waals surface area contributed by atoms with Gasteiger partial charge in [-0.1, -0.05) is 35.3 Å². The first kappa shape index (κ1) is 7.35. The van der Waals surface area contributed by atoms with Gasteiger partial charge in [-0.05, 0) is 10.5 Å². The van der Waals surface area contributed by atoms with Crippen molar-refractivity contribution in [2.75, 3.05) is 0 Å². The molecule has 1 aromatic heterocycles. The monoisotopic (exact) mass is 194 g/mol. The van der Waals surface area contributed by atoms with Gasteiger partial charge in [-0.25, -0.2) is 0 Å². The first-order chi connectivity index (χ1) is 5.29. The highest BCUT2D eigenvalue weighted by Gasteiger charge is 1.99. The van der Waals surface area contributed by atoms with Crippen molar-refractivity contribution in [1.82, 2.24) is 0 Å². The minimum absolute atomic E-state index is 0.220. The molecule has 0 nitrogen and oxygen atoms in total. The van der Waals surface area contributed by atoms with Crippen molar-refractivity contribution in [3.05, 3.63) is 30.3 Å². The van der Waals surface area contributed by atoms with E-state index in [0.717, 1.165) is 0 Å². The second kappa shape index (κ2) is 2.63. The molecule has 0 aliphatic heterocycles. The van der Waals surface area contributed by atoms with Gasteiger partial charge in [0.1, 0.15) is 0 Å². The molecule has 0 fully saturated rings. The summed E-state index contributed by atoms with van der Waals surface area (Å²) >= 11 is 0. The predicted octanol–water partition coefficient (Wildman–Crippen LogP) is -0.0544. The maximum absolute atomic E-state index is 2.40. The highest BCUT2D eigenvalue weighted by atomic mass is 31.4. The number of hydrogen-bond acceptors (Lipinski definition) is 0. The van der Waals surface area contributed by atoms with E-state index in [4.69, 9.17) is 0 Å². The molecule has 11 heavy (non-hydrogen) atoms. The average Bonchev–Trinajstić information content (AvgIpc) is 2.30. The third-order valence-corrected chi connectivity index (χ3v) is 13.1. The molecule has 0 bridgehead atoms. The summed E-state index contributed by atoms with van der Waals surface area (Å²) in [6.45, 7) is 0. The van der Waals surface area contributed by atoms with Gasteiger partial charge in [0, 0.05) is 10.2 Å². The normalized spacial score (nSPS) is 12.9. The van der Waals surface area contributed by atoms with E-state index in [1.165, 1.54) is 25.5 Å². The van der Waals surface area contributed by atoms with E-state index in [1.54, 1.807) is 10.0 Å². The molecule has 2 aromatic rings. The summed E-state index contributed by atoms with van der Waals surface area (Å²) in [7, 11) is 2.83. The topological polar surface area (TPSA) is 0 Å². The van der Waals surface area contributed by atoms with Crippen molar-refractivity contribution in [3.8, 4) is 0 Å². The Bertz CT molecular complexity index is 392. The van der Waals surface area contributed by atoms with Gasteiger partial charge in [0.2, 0.25) is 0 Å². The number of hydrogen-bond donors (Lipinski definition) is 0. The Hall–Kier alpha value is -0.306. The van der Waals surface area contributed by atoms with Crippen LogP contribution >= 0.6 is 7.08 Å². The zero-order valence-corrected chi connectivity index (χ0v) is 11.7. The molecule has 1 unspecified atom stereocenters. The van der Waals surface area contributed by atoms with Crippen molar-refractivity contribution in [3.63, 3.8) is 0 Å². The zero-order chi connectivity index (χ0) is 7.84. The van der Waals surface area contributed by atoms with Gasteiger partial charge < -0.3 is 0 Å². The van der Waals surface area contributed by atoms with E-state index >= 15 is 0 Å². The van der Waals surface area contributed by atoms with Gasteiger partial charge in [0.25, 0.3) is 0 Å². The van der Waals surface area contributed by atoms with E-state index in [-0.39, 0.29) is 7.08 Å². The summed E-state index contributed by atoms with van der Waals surface area (Å²) in [6.07, 6.45) is 0. The fourth-order valence-electron chi connectivity index (χ4n) is 1.43. The van der Waals surface area contributed by atoms with Crippen LogP contribution < -0.4 is 4.92 Å². The molecule has 1 heterocycles. The van der Waals surface area contributed by atoms with Crippen molar-refractivity contribution in [2.45, 2.75) is 0 Å². The van der Waals surface area contributed by atoms with Crippen LogP contribution in [0, 0.1) is 0 Å². The van der Waals surface area contributed by atoms with Crippen LogP contribution in [-0.4, -0.2) is 20.2 Å². The summed E-state index contributed by atoms with van der Waals surface area (Å²) in [6, 6.07) is 11.3. The largest absolute Gasteiger partial charge is 0.147 e. The Labute approximate surface area is 73.4 Å². The van der Waals surface area contributed by atoms with E-state index in [2.05, 4.69) is 30.3 Å². The minimum Gasteiger partial charge on any atom is -0.147 e. The summed E-state index contributed by atoms with van der Waals surface area (Å²) < 4.78 is 0. The van der Waals surface area contributed by atoms with E-state index in [9.17, 15) is 0 Å². The maximum atomic E-state index is 2.40. The first-order valence-corrected chi connectivity index (χ1v) is 9.27. The summed E-state index contributed by atoms with van der Waals surface area (Å²) in [5.41, 5.74) is 0. The Morgan fingerprint density at radius 3 is 2.64 bits per heavy atom. The van der Waals surface area contributed by atoms with Crippen LogP contribution in [0.3, 0.4) is 0 Å². The molecular weight excluding hydrogens is 183 g/mol. The molecule has 0 saturated heterocycles. The number of benzene rings is 1. The summed E-state index contributed by atoms with van der Waals surface area (Å²) in [4.78, 5) is 1.74. The van der Waals surface area contributed by atoms with Crippen LogP contribution in [0.4, 0.5) is 0 Å². The van der Waals surface area contributed by atoms with Crippen molar-refractivity contribution in [1.29, 1.82) is 0 Å². The second-order valence-electron chi connectivity index (χ2n) is 2.90. The molecule has 0 amide bonds. The van der Waals surface area contributed by atoms with Gasteiger partial charge in [-0.3, -0.25) is 0 Å². The van der Waals surface area contributed by atoms with Crippen molar-refractivity contribution >= 4 is 42.7 Å². The highest BCUT2D eigenvalue weighted by Crippen LogP contribution is 2.31. The van der Waals surface area contributed by atoms with Crippen molar-refractivity contribution < 1.29 is 0 Å². The molecule has 0 spiro atoms. The lowest BCUT2D eigenvalue weighted by molar-refractivity contribution is 1.86. The molecule has 0 aliphatic carbocycles. The number of fused-ring (bicyclic) bond motifs is 1. The van der Waals surface area contributed by atoms with Gasteiger partial charge in [0.05, 0.1) is 9.91 Å². The molecule has 1 atom stereocenters. The van der Waals surface area contributed by atoms with E-state index < -0.39 is 0 Å². The Kier molecular flexibility index (Phi) is 1.76. The molecule has 0 aliphatic rings. The average molecular weight is 194 g/mol. The van der Waals surface area contributed by atoms with E-state index in [1.807, 2.05) is 0 Å². The molecule has 2 rings (SSSR count). The smallest absolute Gasteiger partial charge is 0.0599 e. The van der Waals surface area contributed by atoms with Crippen LogP contribution in [0.25, 0.3) is 10.5 Å². The molecular formula is C8H11PSi2. The standard InChI is InChI=1S/C8H11PSi2/c10-8-5-6-3-1-2-4-7(6)9(8)11/h1-5H,10-11H3. The van der Waals surface area contributed by atoms with Gasteiger partial charge >= 0.3 is 0 Å². The molecule has 0 radical (unpaired) electrons. The lowest BCUT2D eigenvalue weighted by Crippen LogP contribution is -1.92. The zero-order valence-electron chi connectivity index (χ0n) is 6.83. The van der Waals surface area contributed by atoms with Crippen LogP contribution in [0.2, 0.25) is 0 Å². The Morgan fingerprint density at radius 2 is 1.91 bits per heavy atom. The summed E-state index contributed by atoms with van der Waals surface area (Å²) in [5, 5.41) is 3.14. The van der Waals surface area contributed by atoms with E-state index in [0.29, 0.717) is 0 Å². The molecule has 0 saturated carbocycles. The lowest BCUT2D eigenvalue weighted by Gasteiger charge is -1.91. The quantitative estimate of drug-likeness (QED) is 0.516. The van der Waals surface area contributed by atoms with Gasteiger partial charge in [0.15, 0.2) is 0 Å². The van der Waals surface area contributed by atoms with Crippen LogP contribution in [0.1, 0.15) is 0 Å². The van der Waals surface area contributed by atoms with Crippen LogP contribution in [0.15, 0.2) is 30.3 Å². The molecule has 56 valence electrons. The Balaban J connectivity index is 2.92. The molecule has 1 aromatic carbocycles. The van der Waals surface area contributed by atoms with Crippen LogP contribution in [-0.2, 0) is 0 Å². The SMILES string of the molecule is [SiH3]c1cc2ccccc2p1[SiH3]. The van der Waals surface area contributed by atoms with Crippen molar-refractivity contribution in [2.24, 2.45) is 0 Å². The lowest BCUT2D eigenvalue weighted by atomic mass is 10.3. The highest BCUT2D eigenvalue weighted by molar-refractivity contribution is 7.83. The third kappa shape index (κ3) is 1.11. The fourth-order valence-corrected chi connectivity index (χ4v) is 5.62. The first-order valence-electron chi connectivity index (χ1n) is 3.80. The summed E-state index contributed by atoms with van der Waals surface area (Å²) in [5.74, 6) is 0. The molecule has 0 N–H and O–H groups in total.